The van der Waals surface area contributed by atoms with Crippen LogP contribution in [0.1, 0.15) is 54.4 Å². The second-order valence-corrected chi connectivity index (χ2v) is 6.60. The van der Waals surface area contributed by atoms with Crippen molar-refractivity contribution in [1.82, 2.24) is 10.2 Å². The lowest BCUT2D eigenvalue weighted by molar-refractivity contribution is 0.0533. The first kappa shape index (κ1) is 15.0. The van der Waals surface area contributed by atoms with Crippen LogP contribution >= 0.6 is 0 Å². The maximum atomic E-state index is 3.62. The molecule has 2 heteroatoms. The molecule has 2 nitrogen and oxygen atoms in total. The van der Waals surface area contributed by atoms with Crippen LogP contribution in [0.15, 0.2) is 0 Å². The molecule has 1 saturated heterocycles. The van der Waals surface area contributed by atoms with Crippen LogP contribution < -0.4 is 5.32 Å². The molecule has 3 atom stereocenters. The fraction of sp³-hybridized carbons (Fsp3) is 1.00. The van der Waals surface area contributed by atoms with Gasteiger partial charge in [-0.3, -0.25) is 4.90 Å². The molecule has 1 aliphatic heterocycles. The van der Waals surface area contributed by atoms with Crippen molar-refractivity contribution in [3.8, 4) is 0 Å². The third-order valence-electron chi connectivity index (χ3n) is 4.10. The fourth-order valence-electron chi connectivity index (χ4n) is 2.88. The predicted molar refractivity (Wildman–Crippen MR) is 76.3 cm³/mol. The van der Waals surface area contributed by atoms with E-state index in [0.717, 1.165) is 24.4 Å². The number of hydrogen-bond donors (Lipinski definition) is 1. The molecule has 0 aromatic heterocycles. The van der Waals surface area contributed by atoms with Crippen LogP contribution in [-0.4, -0.2) is 36.1 Å². The molecule has 1 fully saturated rings. The Morgan fingerprint density at radius 1 is 1.12 bits per heavy atom. The van der Waals surface area contributed by atoms with E-state index in [1.54, 1.807) is 0 Å². The van der Waals surface area contributed by atoms with Crippen molar-refractivity contribution < 1.29 is 0 Å². The van der Waals surface area contributed by atoms with Crippen molar-refractivity contribution in [2.75, 3.05) is 13.1 Å². The molecule has 0 saturated carbocycles. The minimum absolute atomic E-state index is 0.591. The van der Waals surface area contributed by atoms with Gasteiger partial charge in [0.05, 0.1) is 0 Å². The normalized spacial score (nSPS) is 28.9. The first-order valence-corrected chi connectivity index (χ1v) is 7.41. The summed E-state index contributed by atoms with van der Waals surface area (Å²) in [4.78, 5) is 2.74. The summed E-state index contributed by atoms with van der Waals surface area (Å²) in [5, 5.41) is 3.62. The van der Waals surface area contributed by atoms with E-state index in [1.165, 1.54) is 19.4 Å². The third-order valence-corrected chi connectivity index (χ3v) is 4.10. The highest BCUT2D eigenvalue weighted by Crippen LogP contribution is 2.25. The van der Waals surface area contributed by atoms with Crippen molar-refractivity contribution in [3.63, 3.8) is 0 Å². The van der Waals surface area contributed by atoms with Crippen LogP contribution in [0.3, 0.4) is 0 Å². The maximum absolute atomic E-state index is 3.62. The second kappa shape index (κ2) is 6.75. The third kappa shape index (κ3) is 4.59. The van der Waals surface area contributed by atoms with Gasteiger partial charge in [0.15, 0.2) is 0 Å². The second-order valence-electron chi connectivity index (χ2n) is 6.60. The molecule has 1 rings (SSSR count). The molecule has 1 heterocycles. The standard InChI is InChI=1S/C15H32N2/c1-11(2)15(9-16-12(3)4)17-10-13(5)7-8-14(17)6/h11-16H,7-10H2,1-6H3. The molecule has 0 bridgehead atoms. The number of hydrogen-bond acceptors (Lipinski definition) is 2. The van der Waals surface area contributed by atoms with Crippen LogP contribution in [-0.2, 0) is 0 Å². The van der Waals surface area contributed by atoms with E-state index in [0.29, 0.717) is 12.1 Å². The van der Waals surface area contributed by atoms with E-state index in [2.05, 4.69) is 51.8 Å². The average Bonchev–Trinajstić information content (AvgIpc) is 2.22. The smallest absolute Gasteiger partial charge is 0.0246 e. The Morgan fingerprint density at radius 2 is 1.76 bits per heavy atom. The molecule has 102 valence electrons. The number of rotatable bonds is 5. The van der Waals surface area contributed by atoms with Crippen LogP contribution in [0.4, 0.5) is 0 Å². The number of likely N-dealkylation sites (tertiary alicyclic amines) is 1. The predicted octanol–water partition coefficient (Wildman–Crippen LogP) is 3.13. The molecule has 0 spiro atoms. The van der Waals surface area contributed by atoms with Crippen molar-refractivity contribution in [2.45, 2.75) is 72.5 Å². The van der Waals surface area contributed by atoms with Crippen molar-refractivity contribution in [1.29, 1.82) is 0 Å². The van der Waals surface area contributed by atoms with Crippen molar-refractivity contribution in [3.05, 3.63) is 0 Å². The lowest BCUT2D eigenvalue weighted by atomic mass is 9.90. The molecule has 0 aromatic carbocycles. The molecule has 0 radical (unpaired) electrons. The van der Waals surface area contributed by atoms with E-state index in [1.807, 2.05) is 0 Å². The number of piperidine rings is 1. The molecule has 17 heavy (non-hydrogen) atoms. The SMILES string of the molecule is CC1CCC(C)N(C(CNC(C)C)C(C)C)C1. The topological polar surface area (TPSA) is 15.3 Å². The van der Waals surface area contributed by atoms with E-state index < -0.39 is 0 Å². The lowest BCUT2D eigenvalue weighted by Crippen LogP contribution is -2.53. The largest absolute Gasteiger partial charge is 0.313 e. The lowest BCUT2D eigenvalue weighted by Gasteiger charge is -2.44. The Hall–Kier alpha value is -0.0800. The van der Waals surface area contributed by atoms with Crippen LogP contribution in [0.5, 0.6) is 0 Å². The highest BCUT2D eigenvalue weighted by Gasteiger charge is 2.30. The monoisotopic (exact) mass is 240 g/mol. The summed E-state index contributed by atoms with van der Waals surface area (Å²) in [6.45, 7) is 16.4. The van der Waals surface area contributed by atoms with Gasteiger partial charge in [-0.1, -0.05) is 34.6 Å². The Balaban J connectivity index is 2.61. The van der Waals surface area contributed by atoms with Gasteiger partial charge in [-0.15, -0.1) is 0 Å². The summed E-state index contributed by atoms with van der Waals surface area (Å²) in [7, 11) is 0. The zero-order valence-corrected chi connectivity index (χ0v) is 12.7. The molecule has 1 N–H and O–H groups in total. The van der Waals surface area contributed by atoms with Gasteiger partial charge in [0.2, 0.25) is 0 Å². The Labute approximate surface area is 108 Å². The molecule has 0 amide bonds. The molecule has 0 aliphatic carbocycles. The minimum atomic E-state index is 0.591. The van der Waals surface area contributed by atoms with Gasteiger partial charge in [-0.05, 0) is 31.6 Å². The molecule has 1 aliphatic rings. The van der Waals surface area contributed by atoms with Gasteiger partial charge in [0.1, 0.15) is 0 Å². The Morgan fingerprint density at radius 3 is 2.29 bits per heavy atom. The highest BCUT2D eigenvalue weighted by molar-refractivity contribution is 4.86. The van der Waals surface area contributed by atoms with Gasteiger partial charge < -0.3 is 5.32 Å². The van der Waals surface area contributed by atoms with E-state index in [4.69, 9.17) is 0 Å². The molecule has 3 unspecified atom stereocenters. The van der Waals surface area contributed by atoms with Crippen molar-refractivity contribution in [2.24, 2.45) is 11.8 Å². The van der Waals surface area contributed by atoms with E-state index >= 15 is 0 Å². The summed E-state index contributed by atoms with van der Waals surface area (Å²) >= 11 is 0. The molecular weight excluding hydrogens is 208 g/mol. The summed E-state index contributed by atoms with van der Waals surface area (Å²) in [6, 6.07) is 2.04. The minimum Gasteiger partial charge on any atom is -0.313 e. The maximum Gasteiger partial charge on any atom is 0.0246 e. The van der Waals surface area contributed by atoms with E-state index in [-0.39, 0.29) is 0 Å². The number of nitrogens with zero attached hydrogens (tertiary/aromatic N) is 1. The van der Waals surface area contributed by atoms with E-state index in [9.17, 15) is 0 Å². The summed E-state index contributed by atoms with van der Waals surface area (Å²) in [6.07, 6.45) is 2.77. The van der Waals surface area contributed by atoms with Crippen LogP contribution in [0, 0.1) is 11.8 Å². The molecule has 0 aromatic rings. The fourth-order valence-corrected chi connectivity index (χ4v) is 2.88. The first-order chi connectivity index (χ1) is 7.91. The Kier molecular flexibility index (Phi) is 5.94. The van der Waals surface area contributed by atoms with Gasteiger partial charge in [0.25, 0.3) is 0 Å². The van der Waals surface area contributed by atoms with Crippen LogP contribution in [0.2, 0.25) is 0 Å². The van der Waals surface area contributed by atoms with Gasteiger partial charge in [-0.2, -0.15) is 0 Å². The molecular formula is C15H32N2. The first-order valence-electron chi connectivity index (χ1n) is 7.41. The van der Waals surface area contributed by atoms with Gasteiger partial charge in [0, 0.05) is 31.2 Å². The summed E-state index contributed by atoms with van der Waals surface area (Å²) in [5.74, 6) is 1.60. The number of nitrogens with one attached hydrogen (secondary N) is 1. The zero-order chi connectivity index (χ0) is 13.0. The average molecular weight is 240 g/mol. The Bertz CT molecular complexity index is 213. The van der Waals surface area contributed by atoms with Gasteiger partial charge >= 0.3 is 0 Å². The van der Waals surface area contributed by atoms with Gasteiger partial charge in [-0.25, -0.2) is 0 Å². The summed E-state index contributed by atoms with van der Waals surface area (Å²) < 4.78 is 0. The quantitative estimate of drug-likeness (QED) is 0.794. The summed E-state index contributed by atoms with van der Waals surface area (Å²) in [5.41, 5.74) is 0. The highest BCUT2D eigenvalue weighted by atomic mass is 15.2. The zero-order valence-electron chi connectivity index (χ0n) is 12.7. The van der Waals surface area contributed by atoms with Crippen molar-refractivity contribution >= 4 is 0 Å². The van der Waals surface area contributed by atoms with Crippen LogP contribution in [0.25, 0.3) is 0 Å².